The molecule has 0 saturated carbocycles. The monoisotopic (exact) mass is 378 g/mol. The molecule has 0 spiro atoms. The van der Waals surface area contributed by atoms with Crippen molar-refractivity contribution in [3.05, 3.63) is 58.1 Å². The zero-order valence-corrected chi connectivity index (χ0v) is 17.1. The van der Waals surface area contributed by atoms with Gasteiger partial charge in [-0.05, 0) is 73.7 Å². The number of rotatable bonds is 4. The minimum absolute atomic E-state index is 0.00196. The number of aryl methyl sites for hydroxylation is 2. The van der Waals surface area contributed by atoms with Crippen molar-refractivity contribution in [3.63, 3.8) is 0 Å². The third-order valence-corrected chi connectivity index (χ3v) is 5.65. The van der Waals surface area contributed by atoms with Gasteiger partial charge in [-0.2, -0.15) is 10.0 Å². The lowest BCUT2D eigenvalue weighted by molar-refractivity contribution is -0.158. The summed E-state index contributed by atoms with van der Waals surface area (Å²) < 4.78 is 0. The fraction of sp³-hybridized carbons (Fsp3) is 0.364. The van der Waals surface area contributed by atoms with Gasteiger partial charge in [-0.1, -0.05) is 31.5 Å². The fourth-order valence-electron chi connectivity index (χ4n) is 3.85. The van der Waals surface area contributed by atoms with Crippen LogP contribution in [0.15, 0.2) is 35.5 Å². The molecule has 2 aliphatic rings. The van der Waals surface area contributed by atoms with Crippen LogP contribution in [-0.2, 0) is 9.73 Å². The van der Waals surface area contributed by atoms with Gasteiger partial charge >= 0.3 is 0 Å². The van der Waals surface area contributed by atoms with Crippen LogP contribution >= 0.6 is 0 Å². The van der Waals surface area contributed by atoms with E-state index in [1.54, 1.807) is 5.01 Å². The minimum Gasteiger partial charge on any atom is -0.273 e. The molecule has 2 aromatic carbocycles. The summed E-state index contributed by atoms with van der Waals surface area (Å²) in [5, 5.41) is 9.35. The van der Waals surface area contributed by atoms with Gasteiger partial charge in [0.2, 0.25) is 11.7 Å². The van der Waals surface area contributed by atoms with Gasteiger partial charge in [0.1, 0.15) is 0 Å². The van der Waals surface area contributed by atoms with Crippen molar-refractivity contribution in [2.24, 2.45) is 5.16 Å². The second kappa shape index (κ2) is 6.95. The summed E-state index contributed by atoms with van der Waals surface area (Å²) in [5.41, 5.74) is 7.52. The molecule has 0 bridgehead atoms. The molecule has 0 unspecified atom stereocenters. The van der Waals surface area contributed by atoms with E-state index >= 15 is 0 Å². The molecular weight excluding hydrogens is 352 g/mol. The van der Waals surface area contributed by atoms with E-state index in [1.165, 1.54) is 27.5 Å². The van der Waals surface area contributed by atoms with Gasteiger partial charge in [0, 0.05) is 12.0 Å². The molecule has 1 amide bonds. The summed E-state index contributed by atoms with van der Waals surface area (Å²) in [6.45, 7) is 10.5. The van der Waals surface area contributed by atoms with Crippen LogP contribution in [-0.4, -0.2) is 17.0 Å². The predicted molar refractivity (Wildman–Crippen MR) is 111 cm³/mol. The number of hydrogen-bond acceptors (Lipinski definition) is 5. The Morgan fingerprint density at radius 2 is 1.68 bits per heavy atom. The molecule has 0 aliphatic carbocycles. The number of unbranched alkanes of at least 4 members (excludes halogenated alkanes) is 1. The standard InChI is InChI=1S/C22H26N4O2/c1-6-7-12-20(27)24-18-10-8-9-11-19(18)25-22(23-28-26(24)25)21-16(4)14(2)13-15(3)17(21)5/h8-11,13H,6-7,12H2,1-5H3. The summed E-state index contributed by atoms with van der Waals surface area (Å²) in [6, 6.07) is 10.0. The van der Waals surface area contributed by atoms with Crippen LogP contribution in [0.2, 0.25) is 0 Å². The number of para-hydroxylation sites is 2. The van der Waals surface area contributed by atoms with Crippen LogP contribution in [0.25, 0.3) is 0 Å². The first-order valence-electron chi connectivity index (χ1n) is 9.80. The maximum atomic E-state index is 12.9. The van der Waals surface area contributed by atoms with Crippen LogP contribution < -0.4 is 10.0 Å². The molecule has 146 valence electrons. The molecule has 2 aliphatic heterocycles. The number of hydrazine groups is 2. The number of fused-ring (bicyclic) bond motifs is 3. The van der Waals surface area contributed by atoms with E-state index in [0.29, 0.717) is 12.3 Å². The Kier molecular flexibility index (Phi) is 4.59. The van der Waals surface area contributed by atoms with Gasteiger partial charge in [0.05, 0.1) is 16.7 Å². The van der Waals surface area contributed by atoms with Gasteiger partial charge in [0.25, 0.3) is 0 Å². The minimum atomic E-state index is 0.00196. The maximum Gasteiger partial charge on any atom is 0.245 e. The Balaban J connectivity index is 1.81. The molecule has 6 heteroatoms. The smallest absolute Gasteiger partial charge is 0.245 e. The first-order valence-corrected chi connectivity index (χ1v) is 9.80. The summed E-state index contributed by atoms with van der Waals surface area (Å²) in [7, 11) is 0. The molecule has 4 rings (SSSR count). The van der Waals surface area contributed by atoms with Gasteiger partial charge in [0.15, 0.2) is 0 Å². The second-order valence-corrected chi connectivity index (χ2v) is 7.49. The molecule has 0 fully saturated rings. The number of nitrogens with zero attached hydrogens (tertiary/aromatic N) is 4. The first-order chi connectivity index (χ1) is 13.5. The van der Waals surface area contributed by atoms with Crippen LogP contribution in [0.1, 0.15) is 54.0 Å². The Hall–Kier alpha value is -2.86. The zero-order chi connectivity index (χ0) is 20.0. The van der Waals surface area contributed by atoms with Crippen molar-refractivity contribution >= 4 is 23.1 Å². The predicted octanol–water partition coefficient (Wildman–Crippen LogP) is 4.70. The van der Waals surface area contributed by atoms with Crippen molar-refractivity contribution in [1.29, 1.82) is 0 Å². The lowest BCUT2D eigenvalue weighted by Gasteiger charge is -2.25. The molecule has 6 nitrogen and oxygen atoms in total. The number of oxime groups is 1. The third kappa shape index (κ3) is 2.67. The number of amidine groups is 1. The van der Waals surface area contributed by atoms with Crippen molar-refractivity contribution in [3.8, 4) is 0 Å². The molecule has 0 aromatic heterocycles. The molecule has 2 heterocycles. The largest absolute Gasteiger partial charge is 0.273 e. The lowest BCUT2D eigenvalue weighted by Crippen LogP contribution is -2.49. The number of benzene rings is 2. The van der Waals surface area contributed by atoms with E-state index in [1.807, 2.05) is 29.3 Å². The van der Waals surface area contributed by atoms with Gasteiger partial charge in [-0.25, -0.2) is 0 Å². The van der Waals surface area contributed by atoms with E-state index in [0.717, 1.165) is 29.8 Å². The Morgan fingerprint density at radius 1 is 1.04 bits per heavy atom. The molecule has 0 N–H and O–H groups in total. The van der Waals surface area contributed by atoms with Crippen molar-refractivity contribution in [1.82, 2.24) is 5.28 Å². The molecule has 0 radical (unpaired) electrons. The average molecular weight is 378 g/mol. The van der Waals surface area contributed by atoms with E-state index in [2.05, 4.69) is 45.8 Å². The lowest BCUT2D eigenvalue weighted by atomic mass is 9.93. The van der Waals surface area contributed by atoms with Crippen molar-refractivity contribution in [2.45, 2.75) is 53.9 Å². The van der Waals surface area contributed by atoms with E-state index in [9.17, 15) is 4.79 Å². The highest BCUT2D eigenvalue weighted by atomic mass is 16.9. The van der Waals surface area contributed by atoms with Gasteiger partial charge < -0.3 is 0 Å². The third-order valence-electron chi connectivity index (χ3n) is 5.65. The Labute approximate surface area is 165 Å². The van der Waals surface area contributed by atoms with Crippen LogP contribution in [0.4, 0.5) is 11.4 Å². The zero-order valence-electron chi connectivity index (χ0n) is 17.1. The number of carbonyl (C=O) groups excluding carboxylic acids is 1. The van der Waals surface area contributed by atoms with Gasteiger partial charge in [-0.15, -0.1) is 0 Å². The fourth-order valence-corrected chi connectivity index (χ4v) is 3.85. The van der Waals surface area contributed by atoms with E-state index < -0.39 is 0 Å². The summed E-state index contributed by atoms with van der Waals surface area (Å²) in [4.78, 5) is 18.6. The quantitative estimate of drug-likeness (QED) is 0.774. The van der Waals surface area contributed by atoms with Gasteiger partial charge in [-0.3, -0.25) is 9.73 Å². The van der Waals surface area contributed by atoms with E-state index in [4.69, 9.17) is 4.94 Å². The SMILES string of the molecule is CCCCC(=O)N1c2ccccc2N2C(c3c(C)c(C)cc(C)c3C)=NON12. The summed E-state index contributed by atoms with van der Waals surface area (Å²) in [6.07, 6.45) is 2.28. The maximum absolute atomic E-state index is 12.9. The second-order valence-electron chi connectivity index (χ2n) is 7.49. The summed E-state index contributed by atoms with van der Waals surface area (Å²) >= 11 is 0. The van der Waals surface area contributed by atoms with Crippen LogP contribution in [0, 0.1) is 27.7 Å². The number of carbonyl (C=O) groups is 1. The van der Waals surface area contributed by atoms with Crippen molar-refractivity contribution < 1.29 is 9.73 Å². The highest BCUT2D eigenvalue weighted by molar-refractivity contribution is 6.16. The van der Waals surface area contributed by atoms with Crippen LogP contribution in [0.5, 0.6) is 0 Å². The van der Waals surface area contributed by atoms with Crippen LogP contribution in [0.3, 0.4) is 0 Å². The molecule has 0 atom stereocenters. The number of hydrogen-bond donors (Lipinski definition) is 0. The van der Waals surface area contributed by atoms with Crippen molar-refractivity contribution in [2.75, 3.05) is 10.0 Å². The number of anilines is 2. The Bertz CT molecular complexity index is 956. The first kappa shape index (κ1) is 18.5. The number of amides is 1. The van der Waals surface area contributed by atoms with E-state index in [-0.39, 0.29) is 5.91 Å². The normalized spacial score (nSPS) is 15.4. The molecular formula is C22H26N4O2. The average Bonchev–Trinajstić information content (AvgIpc) is 3.23. The highest BCUT2D eigenvalue weighted by Crippen LogP contribution is 2.43. The Morgan fingerprint density at radius 3 is 2.32 bits per heavy atom. The highest BCUT2D eigenvalue weighted by Gasteiger charge is 2.47. The molecule has 0 saturated heterocycles. The summed E-state index contributed by atoms with van der Waals surface area (Å²) in [5.74, 6) is 0.710. The molecule has 28 heavy (non-hydrogen) atoms. The molecule has 2 aromatic rings. The topological polar surface area (TPSA) is 48.4 Å².